The van der Waals surface area contributed by atoms with Gasteiger partial charge in [0.1, 0.15) is 5.75 Å². The lowest BCUT2D eigenvalue weighted by Crippen LogP contribution is -2.36. The van der Waals surface area contributed by atoms with E-state index in [2.05, 4.69) is 32.1 Å². The van der Waals surface area contributed by atoms with Crippen LogP contribution in [0.25, 0.3) is 17.1 Å². The lowest BCUT2D eigenvalue weighted by atomic mass is 10.1. The standard InChI is InChI=1S/C30H34N8O3/c1-5-28(39)32-23-17-24(26(40-4)18-25(23)37-13-15-41-16-14-37)33-30-31-12-11-27(34-30)38-20-22(19-36(2)3)29(35-38)21-9-7-6-8-10-21/h5-12,17-18,20H,1,13-16,19H2,2-4H3,(H,32,39)(H,31,33,34)/i19D,20D. The molecule has 4 aromatic rings. The summed E-state index contributed by atoms with van der Waals surface area (Å²) in [5, 5.41) is 10.8. The van der Waals surface area contributed by atoms with E-state index in [1.165, 1.54) is 10.8 Å². The van der Waals surface area contributed by atoms with Gasteiger partial charge in [-0.25, -0.2) is 9.67 Å². The SMILES string of the molecule is [2H]c1c(C([2H])N(C)C)c(-c2ccccc2)nn1-c1ccnc(Nc2cc(NC(=O)C=C)c(N3CCOCC3)cc2OC)n1. The van der Waals surface area contributed by atoms with Gasteiger partial charge in [0, 0.05) is 56.6 Å². The molecule has 3 heterocycles. The molecule has 11 nitrogen and oxygen atoms in total. The number of amides is 1. The highest BCUT2D eigenvalue weighted by Crippen LogP contribution is 2.38. The van der Waals surface area contributed by atoms with Gasteiger partial charge >= 0.3 is 0 Å². The van der Waals surface area contributed by atoms with Gasteiger partial charge < -0.3 is 29.9 Å². The Morgan fingerprint density at radius 3 is 2.71 bits per heavy atom. The first-order valence-corrected chi connectivity index (χ1v) is 13.1. The molecule has 2 N–H and O–H groups in total. The first-order valence-electron chi connectivity index (χ1n) is 14.2. The minimum atomic E-state index is -0.811. The Labute approximate surface area is 242 Å². The number of anilines is 4. The molecule has 5 rings (SSSR count). The van der Waals surface area contributed by atoms with Crippen molar-refractivity contribution < 1.29 is 17.0 Å². The maximum Gasteiger partial charge on any atom is 0.247 e. The Morgan fingerprint density at radius 2 is 2.00 bits per heavy atom. The number of rotatable bonds is 10. The van der Waals surface area contributed by atoms with Gasteiger partial charge in [-0.05, 0) is 26.2 Å². The Hall–Kier alpha value is -4.74. The molecule has 11 heteroatoms. The van der Waals surface area contributed by atoms with Crippen molar-refractivity contribution in [3.63, 3.8) is 0 Å². The summed E-state index contributed by atoms with van der Waals surface area (Å²) in [6, 6.07) is 14.8. The van der Waals surface area contributed by atoms with Crippen molar-refractivity contribution in [3.8, 4) is 22.8 Å². The molecule has 0 saturated carbocycles. The van der Waals surface area contributed by atoms with Gasteiger partial charge in [-0.3, -0.25) is 4.79 Å². The summed E-state index contributed by atoms with van der Waals surface area (Å²) < 4.78 is 30.3. The molecule has 41 heavy (non-hydrogen) atoms. The Bertz CT molecular complexity index is 1610. The Morgan fingerprint density at radius 1 is 1.22 bits per heavy atom. The number of nitrogens with one attached hydrogen (secondary N) is 2. The molecular weight excluding hydrogens is 520 g/mol. The van der Waals surface area contributed by atoms with Gasteiger partial charge in [-0.2, -0.15) is 10.1 Å². The molecule has 2 aromatic carbocycles. The van der Waals surface area contributed by atoms with E-state index in [-0.39, 0.29) is 18.0 Å². The van der Waals surface area contributed by atoms with Crippen LogP contribution in [0.4, 0.5) is 23.0 Å². The lowest BCUT2D eigenvalue weighted by Gasteiger charge is -2.31. The van der Waals surface area contributed by atoms with Gasteiger partial charge in [0.15, 0.2) is 5.82 Å². The average molecular weight is 557 g/mol. The van der Waals surface area contributed by atoms with Crippen molar-refractivity contribution in [3.05, 3.63) is 79.1 Å². The molecule has 0 bridgehead atoms. The number of carbonyl (C=O) groups excluding carboxylic acids is 1. The summed E-state index contributed by atoms with van der Waals surface area (Å²) in [6.45, 7) is 5.24. The van der Waals surface area contributed by atoms with Crippen LogP contribution < -0.4 is 20.3 Å². The van der Waals surface area contributed by atoms with Crippen molar-refractivity contribution in [2.24, 2.45) is 0 Å². The highest BCUT2D eigenvalue weighted by atomic mass is 16.5. The van der Waals surface area contributed by atoms with Crippen LogP contribution in [0, 0.1) is 0 Å². The minimum Gasteiger partial charge on any atom is -0.494 e. The number of methoxy groups -OCH3 is 1. The number of benzene rings is 2. The van der Waals surface area contributed by atoms with Crippen LogP contribution >= 0.6 is 0 Å². The third-order valence-electron chi connectivity index (χ3n) is 6.33. The maximum absolute atomic E-state index is 12.3. The molecule has 1 fully saturated rings. The van der Waals surface area contributed by atoms with Gasteiger partial charge in [0.25, 0.3) is 0 Å². The van der Waals surface area contributed by atoms with E-state index in [4.69, 9.17) is 17.3 Å². The number of carbonyl (C=O) groups is 1. The number of aromatic nitrogens is 4. The molecule has 212 valence electrons. The predicted molar refractivity (Wildman–Crippen MR) is 160 cm³/mol. The van der Waals surface area contributed by atoms with Crippen LogP contribution in [0.15, 0.2) is 73.6 Å². The Kier molecular flexibility index (Phi) is 7.77. The van der Waals surface area contributed by atoms with E-state index in [0.717, 1.165) is 11.3 Å². The van der Waals surface area contributed by atoms with Crippen molar-refractivity contribution >= 4 is 28.9 Å². The van der Waals surface area contributed by atoms with E-state index in [1.54, 1.807) is 44.4 Å². The summed E-state index contributed by atoms with van der Waals surface area (Å²) >= 11 is 0. The molecule has 0 spiro atoms. The van der Waals surface area contributed by atoms with Gasteiger partial charge in [-0.1, -0.05) is 36.9 Å². The van der Waals surface area contributed by atoms with E-state index in [9.17, 15) is 4.79 Å². The second kappa shape index (κ2) is 12.6. The molecule has 1 aliphatic rings. The summed E-state index contributed by atoms with van der Waals surface area (Å²) in [7, 11) is 5.15. The molecule has 1 amide bonds. The van der Waals surface area contributed by atoms with E-state index >= 15 is 0 Å². The topological polar surface area (TPSA) is 110 Å². The molecule has 1 unspecified atom stereocenters. The number of ether oxygens (including phenoxy) is 2. The zero-order chi connectivity index (χ0) is 30.5. The van der Waals surface area contributed by atoms with E-state index < -0.39 is 6.52 Å². The fourth-order valence-corrected chi connectivity index (χ4v) is 4.45. The van der Waals surface area contributed by atoms with E-state index in [1.807, 2.05) is 36.4 Å². The maximum atomic E-state index is 12.3. The predicted octanol–water partition coefficient (Wildman–Crippen LogP) is 4.10. The third kappa shape index (κ3) is 6.53. The van der Waals surface area contributed by atoms with Crippen molar-refractivity contribution in [2.45, 2.75) is 6.52 Å². The molecule has 2 aromatic heterocycles. The zero-order valence-corrected chi connectivity index (χ0v) is 23.3. The lowest BCUT2D eigenvalue weighted by molar-refractivity contribution is -0.111. The van der Waals surface area contributed by atoms with Crippen molar-refractivity contribution in [1.82, 2.24) is 24.6 Å². The molecular formula is C30H34N8O3. The second-order valence-corrected chi connectivity index (χ2v) is 9.47. The number of hydrogen-bond acceptors (Lipinski definition) is 9. The summed E-state index contributed by atoms with van der Waals surface area (Å²) in [5.74, 6) is 0.745. The van der Waals surface area contributed by atoms with Crippen molar-refractivity contribution in [2.75, 3.05) is 63.0 Å². The Balaban J connectivity index is 1.53. The second-order valence-electron chi connectivity index (χ2n) is 9.47. The average Bonchev–Trinajstić information content (AvgIpc) is 3.38. The summed E-state index contributed by atoms with van der Waals surface area (Å²) in [6.07, 6.45) is 2.83. The fraction of sp³-hybridized carbons (Fsp3) is 0.267. The van der Waals surface area contributed by atoms with Crippen LogP contribution in [-0.2, 0) is 16.1 Å². The zero-order valence-electron chi connectivity index (χ0n) is 25.3. The largest absolute Gasteiger partial charge is 0.494 e. The van der Waals surface area contributed by atoms with Crippen LogP contribution in [0.3, 0.4) is 0 Å². The number of nitrogens with zero attached hydrogens (tertiary/aromatic N) is 6. The smallest absolute Gasteiger partial charge is 0.247 e. The van der Waals surface area contributed by atoms with Gasteiger partial charge in [0.2, 0.25) is 11.9 Å². The highest BCUT2D eigenvalue weighted by molar-refractivity contribution is 6.02. The highest BCUT2D eigenvalue weighted by Gasteiger charge is 2.20. The van der Waals surface area contributed by atoms with Gasteiger partial charge in [-0.15, -0.1) is 0 Å². The van der Waals surface area contributed by atoms with Crippen LogP contribution in [0.1, 0.15) is 8.30 Å². The molecule has 0 aliphatic carbocycles. The molecule has 1 aliphatic heterocycles. The fourth-order valence-electron chi connectivity index (χ4n) is 4.45. The monoisotopic (exact) mass is 556 g/mol. The van der Waals surface area contributed by atoms with Crippen molar-refractivity contribution in [1.29, 1.82) is 0 Å². The first kappa shape index (κ1) is 25.2. The van der Waals surface area contributed by atoms with Crippen LogP contribution in [0.5, 0.6) is 5.75 Å². The number of hydrogen-bond donors (Lipinski definition) is 2. The van der Waals surface area contributed by atoms with Gasteiger partial charge in [0.05, 0.1) is 44.5 Å². The summed E-state index contributed by atoms with van der Waals surface area (Å²) in [5.41, 5.74) is 3.68. The normalized spacial score (nSPS) is 14.7. The molecule has 1 atom stereocenters. The molecule has 0 radical (unpaired) electrons. The van der Waals surface area contributed by atoms with Crippen LogP contribution in [-0.4, -0.2) is 78.1 Å². The van der Waals surface area contributed by atoms with E-state index in [0.29, 0.717) is 60.5 Å². The quantitative estimate of drug-likeness (QED) is 0.279. The summed E-state index contributed by atoms with van der Waals surface area (Å²) in [4.78, 5) is 25.2. The molecule has 1 saturated heterocycles. The first-order chi connectivity index (χ1) is 20.8. The third-order valence-corrected chi connectivity index (χ3v) is 6.33. The minimum absolute atomic E-state index is 0.0547. The van der Waals surface area contributed by atoms with Crippen LogP contribution in [0.2, 0.25) is 0 Å². The number of morpholine rings is 1.